The lowest BCUT2D eigenvalue weighted by atomic mass is 9.91. The van der Waals surface area contributed by atoms with Gasteiger partial charge in [-0.2, -0.15) is 8.78 Å². The van der Waals surface area contributed by atoms with Crippen molar-refractivity contribution in [3.05, 3.63) is 71.8 Å². The Hall–Kier alpha value is -2.48. The average Bonchev–Trinajstić information content (AvgIpc) is 2.66. The molecule has 0 saturated carbocycles. The zero-order valence-corrected chi connectivity index (χ0v) is 16.0. The number of carbonyl (C=O) groups is 2. The minimum absolute atomic E-state index is 0.136. The van der Waals surface area contributed by atoms with E-state index in [1.807, 2.05) is 5.32 Å². The maximum absolute atomic E-state index is 14.4. The Bertz CT molecular complexity index is 768. The second-order valence-corrected chi connectivity index (χ2v) is 6.74. The fourth-order valence-electron chi connectivity index (χ4n) is 2.46. The first-order valence-electron chi connectivity index (χ1n) is 7.96. The molecule has 0 bridgehead atoms. The smallest absolute Gasteiger partial charge is 0.408 e. The van der Waals surface area contributed by atoms with Gasteiger partial charge in [0.2, 0.25) is 5.54 Å². The highest BCUT2D eigenvalue weighted by molar-refractivity contribution is 9.10. The number of alkyl halides is 3. The van der Waals surface area contributed by atoms with Crippen molar-refractivity contribution in [2.24, 2.45) is 0 Å². The predicted octanol–water partition coefficient (Wildman–Crippen LogP) is 4.06. The molecule has 0 spiro atoms. The van der Waals surface area contributed by atoms with Crippen LogP contribution in [0.4, 0.5) is 13.6 Å². The summed E-state index contributed by atoms with van der Waals surface area (Å²) in [5, 5.41) is 2.01. The standard InChI is InChI=1S/C19H18BrF2NO4/c1-26-16(24)18(19(20,21)22,12-14-8-4-2-5-9-14)23-17(25)27-13-15-10-6-3-7-11-15/h2-11H,12-13H2,1H3,(H,23,25). The molecule has 8 heteroatoms. The zero-order valence-electron chi connectivity index (χ0n) is 14.5. The van der Waals surface area contributed by atoms with E-state index in [0.717, 1.165) is 7.11 Å². The molecule has 1 N–H and O–H groups in total. The van der Waals surface area contributed by atoms with Gasteiger partial charge in [-0.05, 0) is 27.1 Å². The number of rotatable bonds is 7. The van der Waals surface area contributed by atoms with Gasteiger partial charge in [-0.1, -0.05) is 60.7 Å². The number of hydrogen-bond donors (Lipinski definition) is 1. The Morgan fingerprint density at radius 3 is 2.00 bits per heavy atom. The molecule has 2 aromatic carbocycles. The minimum atomic E-state index is -3.80. The second kappa shape index (κ2) is 8.94. The molecule has 2 aromatic rings. The Kier molecular flexibility index (Phi) is 6.90. The highest BCUT2D eigenvalue weighted by Crippen LogP contribution is 2.38. The third kappa shape index (κ3) is 5.26. The molecular weight excluding hydrogens is 424 g/mol. The van der Waals surface area contributed by atoms with E-state index in [4.69, 9.17) is 4.74 Å². The SMILES string of the molecule is COC(=O)C(Cc1ccccc1)(NC(=O)OCc1ccccc1)C(F)(F)Br. The van der Waals surface area contributed by atoms with Crippen LogP contribution in [0.15, 0.2) is 60.7 Å². The molecule has 0 aromatic heterocycles. The van der Waals surface area contributed by atoms with Crippen molar-refractivity contribution >= 4 is 28.0 Å². The predicted molar refractivity (Wildman–Crippen MR) is 98.5 cm³/mol. The Morgan fingerprint density at radius 1 is 1.00 bits per heavy atom. The van der Waals surface area contributed by atoms with E-state index < -0.39 is 28.9 Å². The molecule has 0 saturated heterocycles. The number of benzene rings is 2. The van der Waals surface area contributed by atoms with Gasteiger partial charge in [0.25, 0.3) is 0 Å². The number of alkyl carbamates (subject to hydrolysis) is 1. The van der Waals surface area contributed by atoms with Crippen LogP contribution in [0.25, 0.3) is 0 Å². The highest BCUT2D eigenvalue weighted by atomic mass is 79.9. The maximum atomic E-state index is 14.4. The summed E-state index contributed by atoms with van der Waals surface area (Å²) in [7, 11) is 0.970. The molecule has 2 rings (SSSR count). The van der Waals surface area contributed by atoms with Gasteiger partial charge in [0.15, 0.2) is 0 Å². The molecule has 0 radical (unpaired) electrons. The van der Waals surface area contributed by atoms with E-state index in [-0.39, 0.29) is 6.61 Å². The largest absolute Gasteiger partial charge is 0.467 e. The summed E-state index contributed by atoms with van der Waals surface area (Å²) in [4.78, 5) is 20.7. The molecule has 0 fully saturated rings. The van der Waals surface area contributed by atoms with Crippen LogP contribution in [0.2, 0.25) is 0 Å². The number of amides is 1. The monoisotopic (exact) mass is 441 g/mol. The van der Waals surface area contributed by atoms with Crippen LogP contribution in [0.1, 0.15) is 11.1 Å². The van der Waals surface area contributed by atoms with E-state index in [1.165, 1.54) is 0 Å². The van der Waals surface area contributed by atoms with Crippen molar-refractivity contribution in [2.75, 3.05) is 7.11 Å². The van der Waals surface area contributed by atoms with Crippen molar-refractivity contribution in [1.82, 2.24) is 5.32 Å². The van der Waals surface area contributed by atoms with Crippen molar-refractivity contribution in [1.29, 1.82) is 0 Å². The second-order valence-electron chi connectivity index (χ2n) is 5.74. The molecule has 5 nitrogen and oxygen atoms in total. The maximum Gasteiger partial charge on any atom is 0.408 e. The molecule has 144 valence electrons. The molecule has 1 atom stereocenters. The minimum Gasteiger partial charge on any atom is -0.467 e. The number of esters is 1. The van der Waals surface area contributed by atoms with Gasteiger partial charge in [-0.15, -0.1) is 0 Å². The van der Waals surface area contributed by atoms with Crippen molar-refractivity contribution < 1.29 is 27.8 Å². The van der Waals surface area contributed by atoms with Crippen LogP contribution in [0.5, 0.6) is 0 Å². The number of halogens is 3. The lowest BCUT2D eigenvalue weighted by Crippen LogP contribution is -2.65. The van der Waals surface area contributed by atoms with Crippen molar-refractivity contribution in [2.45, 2.75) is 23.4 Å². The normalized spacial score (nSPS) is 13.3. The summed E-state index contributed by atoms with van der Waals surface area (Å²) >= 11 is 2.22. The quantitative estimate of drug-likeness (QED) is 0.519. The van der Waals surface area contributed by atoms with Gasteiger partial charge < -0.3 is 9.47 Å². The molecule has 0 heterocycles. The summed E-state index contributed by atoms with van der Waals surface area (Å²) in [6.45, 7) is -0.136. The van der Waals surface area contributed by atoms with Crippen LogP contribution in [-0.4, -0.2) is 29.5 Å². The third-order valence-electron chi connectivity index (χ3n) is 3.86. The van der Waals surface area contributed by atoms with Crippen molar-refractivity contribution in [3.63, 3.8) is 0 Å². The fourth-order valence-corrected chi connectivity index (χ4v) is 2.87. The first kappa shape index (κ1) is 20.8. The van der Waals surface area contributed by atoms with Crippen LogP contribution in [0, 0.1) is 0 Å². The molecule has 0 aliphatic heterocycles. The lowest BCUT2D eigenvalue weighted by Gasteiger charge is -2.35. The first-order valence-corrected chi connectivity index (χ1v) is 8.76. The summed E-state index contributed by atoms with van der Waals surface area (Å²) in [6, 6.07) is 16.8. The van der Waals surface area contributed by atoms with Gasteiger partial charge in [-0.25, -0.2) is 9.59 Å². The average molecular weight is 442 g/mol. The number of nitrogens with one attached hydrogen (secondary N) is 1. The van der Waals surface area contributed by atoms with Crippen LogP contribution in [0.3, 0.4) is 0 Å². The first-order chi connectivity index (χ1) is 12.8. The van der Waals surface area contributed by atoms with Gasteiger partial charge in [-0.3, -0.25) is 5.32 Å². The van der Waals surface area contributed by atoms with Gasteiger partial charge >= 0.3 is 16.9 Å². The molecule has 1 unspecified atom stereocenters. The number of hydrogen-bond acceptors (Lipinski definition) is 4. The van der Waals surface area contributed by atoms with E-state index >= 15 is 0 Å². The summed E-state index contributed by atoms with van der Waals surface area (Å²) in [5.74, 6) is -1.30. The Labute approximate surface area is 163 Å². The van der Waals surface area contributed by atoms with Gasteiger partial charge in [0, 0.05) is 6.42 Å². The molecular formula is C19H18BrF2NO4. The van der Waals surface area contributed by atoms with E-state index in [2.05, 4.69) is 20.7 Å². The molecule has 0 aliphatic rings. The number of carbonyl (C=O) groups excluding carboxylic acids is 2. The summed E-state index contributed by atoms with van der Waals surface area (Å²) < 4.78 is 38.4. The van der Waals surface area contributed by atoms with E-state index in [9.17, 15) is 18.4 Å². The Morgan fingerprint density at radius 2 is 1.52 bits per heavy atom. The number of methoxy groups -OCH3 is 1. The van der Waals surface area contributed by atoms with Crippen LogP contribution < -0.4 is 5.32 Å². The molecule has 1 amide bonds. The van der Waals surface area contributed by atoms with Gasteiger partial charge in [0.05, 0.1) is 7.11 Å². The Balaban J connectivity index is 2.25. The topological polar surface area (TPSA) is 64.6 Å². The molecule has 0 aliphatic carbocycles. The highest BCUT2D eigenvalue weighted by Gasteiger charge is 2.60. The van der Waals surface area contributed by atoms with Crippen LogP contribution in [-0.2, 0) is 27.3 Å². The summed E-state index contributed by atoms with van der Waals surface area (Å²) in [6.07, 6.45) is -1.67. The number of ether oxygens (including phenoxy) is 2. The van der Waals surface area contributed by atoms with Crippen molar-refractivity contribution in [3.8, 4) is 0 Å². The lowest BCUT2D eigenvalue weighted by molar-refractivity contribution is -0.157. The molecule has 27 heavy (non-hydrogen) atoms. The van der Waals surface area contributed by atoms with Gasteiger partial charge in [0.1, 0.15) is 6.61 Å². The third-order valence-corrected chi connectivity index (χ3v) is 4.53. The fraction of sp³-hybridized carbons (Fsp3) is 0.263. The summed E-state index contributed by atoms with van der Waals surface area (Å²) in [5.41, 5.74) is -1.60. The van der Waals surface area contributed by atoms with E-state index in [0.29, 0.717) is 11.1 Å². The zero-order chi connectivity index (χ0) is 19.9. The van der Waals surface area contributed by atoms with E-state index in [1.54, 1.807) is 60.7 Å². The van der Waals surface area contributed by atoms with Crippen LogP contribution >= 0.6 is 15.9 Å².